The first-order valence-electron chi connectivity index (χ1n) is 14.3. The average molecular weight is 559 g/mol. The minimum absolute atomic E-state index is 0.319. The molecule has 6 heteroatoms. The number of amides is 4. The minimum Gasteiger partial charge on any atom is -0.269 e. The molecule has 42 heavy (non-hydrogen) atoms. The van der Waals surface area contributed by atoms with Gasteiger partial charge in [0.05, 0.1) is 12.1 Å². The fourth-order valence-corrected chi connectivity index (χ4v) is 6.72. The first-order valence-corrected chi connectivity index (χ1v) is 14.3. The van der Waals surface area contributed by atoms with Gasteiger partial charge in [-0.15, -0.1) is 0 Å². The van der Waals surface area contributed by atoms with Crippen LogP contribution in [0.25, 0.3) is 10.8 Å². The van der Waals surface area contributed by atoms with Gasteiger partial charge in [0.15, 0.2) is 0 Å². The lowest BCUT2D eigenvalue weighted by atomic mass is 9.77. The zero-order valence-corrected chi connectivity index (χ0v) is 24.8. The van der Waals surface area contributed by atoms with Crippen molar-refractivity contribution in [2.45, 2.75) is 53.6 Å². The quantitative estimate of drug-likeness (QED) is 0.242. The van der Waals surface area contributed by atoms with Gasteiger partial charge in [-0.1, -0.05) is 102 Å². The van der Waals surface area contributed by atoms with Crippen molar-refractivity contribution in [2.75, 3.05) is 0 Å². The van der Waals surface area contributed by atoms with E-state index in [-0.39, 0.29) is 0 Å². The van der Waals surface area contributed by atoms with E-state index in [9.17, 15) is 19.2 Å². The van der Waals surface area contributed by atoms with Crippen LogP contribution in [0, 0.1) is 10.8 Å². The van der Waals surface area contributed by atoms with Crippen molar-refractivity contribution < 1.29 is 19.2 Å². The lowest BCUT2D eigenvalue weighted by molar-refractivity contribution is 0.0389. The van der Waals surface area contributed by atoms with Gasteiger partial charge >= 0.3 is 0 Å². The van der Waals surface area contributed by atoms with E-state index in [1.54, 1.807) is 24.3 Å². The highest BCUT2D eigenvalue weighted by molar-refractivity contribution is 6.33. The van der Waals surface area contributed by atoms with E-state index in [1.165, 1.54) is 9.80 Å². The van der Waals surface area contributed by atoms with Gasteiger partial charge in [0.25, 0.3) is 23.6 Å². The number of hydrogen-bond donors (Lipinski definition) is 0. The summed E-state index contributed by atoms with van der Waals surface area (Å²) in [6, 6.07) is 24.6. The number of nitrogens with zero attached hydrogens (tertiary/aromatic N) is 2. The fraction of sp³-hybridized carbons (Fsp3) is 0.278. The summed E-state index contributed by atoms with van der Waals surface area (Å²) >= 11 is 0. The van der Waals surface area contributed by atoms with Crippen LogP contribution >= 0.6 is 0 Å². The summed E-state index contributed by atoms with van der Waals surface area (Å²) in [4.78, 5) is 59.4. The number of imide groups is 2. The molecule has 2 aliphatic heterocycles. The summed E-state index contributed by atoms with van der Waals surface area (Å²) in [5.74, 6) is -1.73. The zero-order chi connectivity index (χ0) is 30.1. The molecule has 2 unspecified atom stereocenters. The summed E-state index contributed by atoms with van der Waals surface area (Å²) in [5, 5.41) is 0.760. The molecule has 4 aromatic rings. The Bertz CT molecular complexity index is 1580. The summed E-state index contributed by atoms with van der Waals surface area (Å²) in [6.45, 7) is 12.0. The lowest BCUT2D eigenvalue weighted by Gasteiger charge is -2.43. The van der Waals surface area contributed by atoms with Crippen molar-refractivity contribution >= 4 is 34.4 Å². The van der Waals surface area contributed by atoms with E-state index >= 15 is 0 Å². The van der Waals surface area contributed by atoms with Crippen molar-refractivity contribution in [3.05, 3.63) is 118 Å². The van der Waals surface area contributed by atoms with E-state index in [1.807, 2.05) is 102 Å². The molecule has 0 aromatic heterocycles. The largest absolute Gasteiger partial charge is 0.269 e. The van der Waals surface area contributed by atoms with Gasteiger partial charge in [-0.3, -0.25) is 29.0 Å². The molecule has 2 heterocycles. The van der Waals surface area contributed by atoms with Crippen LogP contribution in [-0.4, -0.2) is 33.4 Å². The molecule has 4 aromatic carbocycles. The number of hydrogen-bond acceptors (Lipinski definition) is 4. The Hall–Kier alpha value is -4.58. The second-order valence-electron chi connectivity index (χ2n) is 13.4. The maximum Gasteiger partial charge on any atom is 0.261 e. The van der Waals surface area contributed by atoms with Crippen molar-refractivity contribution in [3.8, 4) is 0 Å². The predicted molar refractivity (Wildman–Crippen MR) is 162 cm³/mol. The Balaban J connectivity index is 1.53. The highest BCUT2D eigenvalue weighted by atomic mass is 16.2. The Kier molecular flexibility index (Phi) is 6.23. The van der Waals surface area contributed by atoms with Gasteiger partial charge in [0.1, 0.15) is 0 Å². The minimum atomic E-state index is -0.522. The third kappa shape index (κ3) is 4.08. The van der Waals surface area contributed by atoms with Crippen LogP contribution in [0.3, 0.4) is 0 Å². The Morgan fingerprint density at radius 3 is 0.929 bits per heavy atom. The molecular weight excluding hydrogens is 524 g/mol. The normalized spacial score (nSPS) is 16.7. The van der Waals surface area contributed by atoms with Crippen molar-refractivity contribution in [2.24, 2.45) is 10.8 Å². The maximum atomic E-state index is 14.2. The van der Waals surface area contributed by atoms with Crippen LogP contribution in [-0.2, 0) is 0 Å². The second-order valence-corrected chi connectivity index (χ2v) is 13.4. The molecule has 6 nitrogen and oxygen atoms in total. The van der Waals surface area contributed by atoms with Crippen molar-refractivity contribution in [1.82, 2.24) is 9.80 Å². The molecule has 0 aliphatic carbocycles. The highest BCUT2D eigenvalue weighted by Gasteiger charge is 2.47. The molecule has 0 fully saturated rings. The molecule has 0 bridgehead atoms. The fourth-order valence-electron chi connectivity index (χ4n) is 6.72. The molecule has 0 spiro atoms. The van der Waals surface area contributed by atoms with E-state index < -0.39 is 46.5 Å². The van der Waals surface area contributed by atoms with Crippen LogP contribution in [0.15, 0.2) is 84.9 Å². The van der Waals surface area contributed by atoms with Crippen LogP contribution in [0.2, 0.25) is 0 Å². The van der Waals surface area contributed by atoms with Crippen LogP contribution in [0.4, 0.5) is 0 Å². The SMILES string of the molecule is CC(C)(C)C(c1ccccc1)N1C(=O)c2ccc3c4c(ccc(c24)C1=O)C(=O)N(C(c1ccccc1)C(C)(C)C)C3=O. The van der Waals surface area contributed by atoms with E-state index in [0.29, 0.717) is 33.0 Å². The smallest absolute Gasteiger partial charge is 0.261 e. The molecule has 6 rings (SSSR count). The molecule has 0 saturated heterocycles. The third-order valence-corrected chi connectivity index (χ3v) is 8.35. The first-order chi connectivity index (χ1) is 19.8. The summed E-state index contributed by atoms with van der Waals surface area (Å²) in [6.07, 6.45) is 0. The van der Waals surface area contributed by atoms with Crippen LogP contribution in [0.5, 0.6) is 0 Å². The Morgan fingerprint density at radius 2 is 0.690 bits per heavy atom. The molecule has 2 aliphatic rings. The van der Waals surface area contributed by atoms with Gasteiger partial charge < -0.3 is 0 Å². The predicted octanol–water partition coefficient (Wildman–Crippen LogP) is 7.61. The molecular formula is C36H34N2O4. The zero-order valence-electron chi connectivity index (χ0n) is 24.8. The van der Waals surface area contributed by atoms with E-state index in [4.69, 9.17) is 0 Å². The highest BCUT2D eigenvalue weighted by Crippen LogP contribution is 2.47. The Morgan fingerprint density at radius 1 is 0.429 bits per heavy atom. The van der Waals surface area contributed by atoms with Crippen molar-refractivity contribution in [1.29, 1.82) is 0 Å². The molecule has 2 atom stereocenters. The summed E-state index contributed by atoms with van der Waals surface area (Å²) < 4.78 is 0. The van der Waals surface area contributed by atoms with Gasteiger partial charge in [0.2, 0.25) is 0 Å². The summed E-state index contributed by atoms with van der Waals surface area (Å²) in [7, 11) is 0. The lowest BCUT2D eigenvalue weighted by Crippen LogP contribution is -2.49. The molecule has 0 saturated carbocycles. The van der Waals surface area contributed by atoms with Crippen LogP contribution < -0.4 is 0 Å². The molecule has 4 amide bonds. The summed E-state index contributed by atoms with van der Waals surface area (Å²) in [5.41, 5.74) is 2.08. The Labute approximate surface area is 245 Å². The van der Waals surface area contributed by atoms with Gasteiger partial charge in [0, 0.05) is 33.0 Å². The number of carbonyl (C=O) groups excluding carboxylic acids is 4. The number of benzene rings is 4. The van der Waals surface area contributed by atoms with Gasteiger partial charge in [-0.25, -0.2) is 0 Å². The first kappa shape index (κ1) is 27.6. The van der Waals surface area contributed by atoms with Gasteiger partial charge in [-0.2, -0.15) is 0 Å². The topological polar surface area (TPSA) is 74.8 Å². The molecule has 0 radical (unpaired) electrons. The number of carbonyl (C=O) groups is 4. The molecule has 0 N–H and O–H groups in total. The standard InChI is InChI=1S/C36H34N2O4/c1-35(2,3)29(21-13-9-7-10-14-21)37-31(39)23-17-19-25-28-26(20-18-24(27(23)28)32(37)40)34(42)38(33(25)41)30(36(4,5)6)22-15-11-8-12-16-22/h7-20,29-30H,1-6H3. The van der Waals surface area contributed by atoms with Gasteiger partial charge in [-0.05, 0) is 46.2 Å². The van der Waals surface area contributed by atoms with Crippen LogP contribution in [0.1, 0.15) is 106 Å². The monoisotopic (exact) mass is 558 g/mol. The molecule has 212 valence electrons. The second kappa shape index (κ2) is 9.48. The van der Waals surface area contributed by atoms with E-state index in [0.717, 1.165) is 11.1 Å². The van der Waals surface area contributed by atoms with Crippen molar-refractivity contribution in [3.63, 3.8) is 0 Å². The third-order valence-electron chi connectivity index (χ3n) is 8.35. The maximum absolute atomic E-state index is 14.2. The average Bonchev–Trinajstić information content (AvgIpc) is 2.94. The van der Waals surface area contributed by atoms with E-state index in [2.05, 4.69) is 0 Å². The number of rotatable bonds is 4.